The van der Waals surface area contributed by atoms with E-state index in [9.17, 15) is 4.79 Å². The fraction of sp³-hybridized carbons (Fsp3) is 0.750. The lowest BCUT2D eigenvalue weighted by molar-refractivity contribution is -0.125. The van der Waals surface area contributed by atoms with Crippen molar-refractivity contribution in [3.8, 4) is 0 Å². The summed E-state index contributed by atoms with van der Waals surface area (Å²) in [6.07, 6.45) is 0. The number of nitrogens with one attached hydrogen (secondary N) is 2. The molecule has 2 atom stereocenters. The average molecular weight is 226 g/mol. The minimum Gasteiger partial charge on any atom is -0.375 e. The minimum absolute atomic E-state index is 0.112. The van der Waals surface area contributed by atoms with Crippen LogP contribution in [0.1, 0.15) is 13.8 Å². The highest BCUT2D eigenvalue weighted by atomic mass is 16.5. The lowest BCUT2D eigenvalue weighted by Crippen LogP contribution is -2.36. The Kier molecular flexibility index (Phi) is 5.49. The number of carbonyl (C=O) groups excluding carboxylic acids is 1. The maximum Gasteiger partial charge on any atom is 0.224 e. The molecule has 1 aliphatic heterocycles. The van der Waals surface area contributed by atoms with Gasteiger partial charge in [0.05, 0.1) is 19.1 Å². The number of amides is 1. The van der Waals surface area contributed by atoms with Gasteiger partial charge in [0.25, 0.3) is 0 Å². The second-order valence-corrected chi connectivity index (χ2v) is 4.54. The molecule has 1 amide bonds. The summed E-state index contributed by atoms with van der Waals surface area (Å²) in [6.45, 7) is 11.2. The van der Waals surface area contributed by atoms with Gasteiger partial charge in [-0.3, -0.25) is 4.79 Å². The molecule has 1 saturated heterocycles. The third-order valence-corrected chi connectivity index (χ3v) is 2.75. The van der Waals surface area contributed by atoms with Crippen molar-refractivity contribution in [1.29, 1.82) is 0 Å². The van der Waals surface area contributed by atoms with E-state index in [4.69, 9.17) is 4.74 Å². The van der Waals surface area contributed by atoms with Gasteiger partial charge >= 0.3 is 0 Å². The zero-order valence-electron chi connectivity index (χ0n) is 10.2. The third-order valence-electron chi connectivity index (χ3n) is 2.75. The van der Waals surface area contributed by atoms with Crippen molar-refractivity contribution in [3.05, 3.63) is 12.2 Å². The molecule has 0 aromatic heterocycles. The first-order valence-electron chi connectivity index (χ1n) is 5.82. The van der Waals surface area contributed by atoms with E-state index < -0.39 is 0 Å². The largest absolute Gasteiger partial charge is 0.375 e. The van der Waals surface area contributed by atoms with Crippen molar-refractivity contribution in [1.82, 2.24) is 10.6 Å². The summed E-state index contributed by atoms with van der Waals surface area (Å²) in [5.74, 6) is 0.675. The highest BCUT2D eigenvalue weighted by Gasteiger charge is 2.28. The second kappa shape index (κ2) is 6.66. The SMILES string of the molecule is C=C(C)COCCNC(=O)[C@@H]1CNC[C@H]1C. The lowest BCUT2D eigenvalue weighted by Gasteiger charge is -2.14. The Hall–Kier alpha value is -0.870. The van der Waals surface area contributed by atoms with Gasteiger partial charge in [0.15, 0.2) is 0 Å². The Morgan fingerprint density at radius 2 is 2.31 bits per heavy atom. The monoisotopic (exact) mass is 226 g/mol. The van der Waals surface area contributed by atoms with Gasteiger partial charge in [0.2, 0.25) is 5.91 Å². The van der Waals surface area contributed by atoms with E-state index in [0.29, 0.717) is 25.7 Å². The summed E-state index contributed by atoms with van der Waals surface area (Å²) in [7, 11) is 0. The van der Waals surface area contributed by atoms with Crippen molar-refractivity contribution >= 4 is 5.91 Å². The van der Waals surface area contributed by atoms with E-state index in [1.807, 2.05) is 6.92 Å². The van der Waals surface area contributed by atoms with Gasteiger partial charge in [0.1, 0.15) is 0 Å². The molecule has 0 aromatic rings. The molecule has 0 unspecified atom stereocenters. The number of hydrogen-bond donors (Lipinski definition) is 2. The van der Waals surface area contributed by atoms with Gasteiger partial charge in [-0.1, -0.05) is 19.1 Å². The maximum absolute atomic E-state index is 11.7. The molecule has 0 saturated carbocycles. The van der Waals surface area contributed by atoms with Crippen LogP contribution in [-0.2, 0) is 9.53 Å². The molecule has 0 aliphatic carbocycles. The molecule has 92 valence electrons. The number of carbonyl (C=O) groups is 1. The van der Waals surface area contributed by atoms with Gasteiger partial charge in [-0.05, 0) is 19.4 Å². The molecule has 16 heavy (non-hydrogen) atoms. The van der Waals surface area contributed by atoms with Crippen LogP contribution in [0.5, 0.6) is 0 Å². The number of ether oxygens (including phenoxy) is 1. The van der Waals surface area contributed by atoms with Crippen LogP contribution in [0.2, 0.25) is 0 Å². The maximum atomic E-state index is 11.7. The van der Waals surface area contributed by atoms with Gasteiger partial charge < -0.3 is 15.4 Å². The normalized spacial score (nSPS) is 24.4. The summed E-state index contributed by atoms with van der Waals surface area (Å²) in [5.41, 5.74) is 1.000. The topological polar surface area (TPSA) is 50.4 Å². The van der Waals surface area contributed by atoms with Crippen molar-refractivity contribution in [2.45, 2.75) is 13.8 Å². The smallest absolute Gasteiger partial charge is 0.224 e. The first kappa shape index (κ1) is 13.2. The highest BCUT2D eigenvalue weighted by molar-refractivity contribution is 5.79. The zero-order valence-corrected chi connectivity index (χ0v) is 10.2. The summed E-state index contributed by atoms with van der Waals surface area (Å²) in [5, 5.41) is 6.11. The van der Waals surface area contributed by atoms with Crippen LogP contribution in [0, 0.1) is 11.8 Å². The molecule has 1 fully saturated rings. The van der Waals surface area contributed by atoms with E-state index >= 15 is 0 Å². The average Bonchev–Trinajstić information content (AvgIpc) is 2.63. The quantitative estimate of drug-likeness (QED) is 0.514. The molecular formula is C12H22N2O2. The highest BCUT2D eigenvalue weighted by Crippen LogP contribution is 2.15. The molecule has 4 nitrogen and oxygen atoms in total. The minimum atomic E-state index is 0.112. The van der Waals surface area contributed by atoms with Gasteiger partial charge in [-0.15, -0.1) is 0 Å². The summed E-state index contributed by atoms with van der Waals surface area (Å²) in [6, 6.07) is 0. The molecular weight excluding hydrogens is 204 g/mol. The van der Waals surface area contributed by atoms with Crippen LogP contribution < -0.4 is 10.6 Å². The Bertz CT molecular complexity index is 253. The predicted molar refractivity (Wildman–Crippen MR) is 64.2 cm³/mol. The van der Waals surface area contributed by atoms with E-state index in [1.165, 1.54) is 0 Å². The first-order chi connectivity index (χ1) is 7.61. The molecule has 1 heterocycles. The molecule has 4 heteroatoms. The van der Waals surface area contributed by atoms with Crippen LogP contribution in [0.3, 0.4) is 0 Å². The van der Waals surface area contributed by atoms with Crippen LogP contribution in [0.15, 0.2) is 12.2 Å². The first-order valence-corrected chi connectivity index (χ1v) is 5.82. The van der Waals surface area contributed by atoms with Crippen LogP contribution in [0.4, 0.5) is 0 Å². The summed E-state index contributed by atoms with van der Waals surface area (Å²) < 4.78 is 5.31. The lowest BCUT2D eigenvalue weighted by atomic mass is 9.97. The fourth-order valence-electron chi connectivity index (χ4n) is 1.78. The van der Waals surface area contributed by atoms with Crippen molar-refractivity contribution in [2.24, 2.45) is 11.8 Å². The molecule has 0 radical (unpaired) electrons. The fourth-order valence-corrected chi connectivity index (χ4v) is 1.78. The van der Waals surface area contributed by atoms with E-state index in [2.05, 4.69) is 24.1 Å². The zero-order chi connectivity index (χ0) is 12.0. The van der Waals surface area contributed by atoms with Crippen molar-refractivity contribution in [2.75, 3.05) is 32.8 Å². The summed E-state index contributed by atoms with van der Waals surface area (Å²) in [4.78, 5) is 11.7. The summed E-state index contributed by atoms with van der Waals surface area (Å²) >= 11 is 0. The Morgan fingerprint density at radius 1 is 1.56 bits per heavy atom. The van der Waals surface area contributed by atoms with Gasteiger partial charge in [-0.2, -0.15) is 0 Å². The van der Waals surface area contributed by atoms with E-state index in [1.54, 1.807) is 0 Å². The number of hydrogen-bond acceptors (Lipinski definition) is 3. The third kappa shape index (κ3) is 4.33. The standard InChI is InChI=1S/C12H22N2O2/c1-9(2)8-16-5-4-14-12(15)11-7-13-6-10(11)3/h10-11,13H,1,4-8H2,2-3H3,(H,14,15)/t10-,11-/m1/s1. The number of rotatable bonds is 6. The van der Waals surface area contributed by atoms with Gasteiger partial charge in [0, 0.05) is 13.1 Å². The van der Waals surface area contributed by atoms with Crippen LogP contribution >= 0.6 is 0 Å². The Balaban J connectivity index is 2.08. The second-order valence-electron chi connectivity index (χ2n) is 4.54. The van der Waals surface area contributed by atoms with Crippen molar-refractivity contribution < 1.29 is 9.53 Å². The van der Waals surface area contributed by atoms with E-state index in [-0.39, 0.29) is 11.8 Å². The molecule has 0 aromatic carbocycles. The van der Waals surface area contributed by atoms with E-state index in [0.717, 1.165) is 18.7 Å². The predicted octanol–water partition coefficient (Wildman–Crippen LogP) is 0.551. The molecule has 0 bridgehead atoms. The molecule has 1 aliphatic rings. The van der Waals surface area contributed by atoms with Crippen LogP contribution in [0.25, 0.3) is 0 Å². The van der Waals surface area contributed by atoms with Crippen molar-refractivity contribution in [3.63, 3.8) is 0 Å². The molecule has 0 spiro atoms. The van der Waals surface area contributed by atoms with Gasteiger partial charge in [-0.25, -0.2) is 0 Å². The van der Waals surface area contributed by atoms with Crippen LogP contribution in [-0.4, -0.2) is 38.8 Å². The Morgan fingerprint density at radius 3 is 2.88 bits per heavy atom. The molecule has 1 rings (SSSR count). The Labute approximate surface area is 97.4 Å². The molecule has 2 N–H and O–H groups in total.